The Hall–Kier alpha value is -3.82. The van der Waals surface area contributed by atoms with Crippen LogP contribution in [0.15, 0.2) is 65.0 Å². The van der Waals surface area contributed by atoms with Gasteiger partial charge in [-0.05, 0) is 52.8 Å². The highest BCUT2D eigenvalue weighted by Gasteiger charge is 2.23. The quantitative estimate of drug-likeness (QED) is 0.270. The predicted octanol–water partition coefficient (Wildman–Crippen LogP) is 4.00. The summed E-state index contributed by atoms with van der Waals surface area (Å²) in [6.45, 7) is 1.85. The molecular formula is C25H22Cl2N6O3. The Morgan fingerprint density at radius 1 is 1.19 bits per heavy atom. The number of methoxy groups -OCH3 is 1. The normalized spacial score (nSPS) is 14.2. The highest BCUT2D eigenvalue weighted by molar-refractivity contribution is 6.35. The van der Waals surface area contributed by atoms with E-state index in [0.29, 0.717) is 27.9 Å². The SMILES string of the molecule is COC(=O)Cc1ccc(C2=C(Cl)N=C([C@H](C)NC(=O)/C=C/c3cc(Cl)ccc3-n3cnnn3)C2)cc1. The number of nitrogens with zero attached hydrogens (tertiary/aromatic N) is 5. The lowest BCUT2D eigenvalue weighted by Gasteiger charge is -2.13. The van der Waals surface area contributed by atoms with Crippen LogP contribution < -0.4 is 5.32 Å². The number of hydrogen-bond donors (Lipinski definition) is 1. The fraction of sp³-hybridized carbons (Fsp3) is 0.200. The number of benzene rings is 2. The van der Waals surface area contributed by atoms with Gasteiger partial charge in [0.25, 0.3) is 0 Å². The van der Waals surface area contributed by atoms with Crippen molar-refractivity contribution >= 4 is 52.4 Å². The molecule has 0 bridgehead atoms. The van der Waals surface area contributed by atoms with Crippen molar-refractivity contribution in [1.29, 1.82) is 0 Å². The lowest BCUT2D eigenvalue weighted by Crippen LogP contribution is -2.37. The van der Waals surface area contributed by atoms with Gasteiger partial charge in [0.05, 0.1) is 25.3 Å². The Kier molecular flexibility index (Phi) is 7.92. The number of rotatable bonds is 8. The molecular weight excluding hydrogens is 503 g/mol. The van der Waals surface area contributed by atoms with Gasteiger partial charge in [0.2, 0.25) is 5.91 Å². The molecule has 3 aromatic rings. The van der Waals surface area contributed by atoms with E-state index in [1.807, 2.05) is 31.2 Å². The molecule has 0 spiro atoms. The fourth-order valence-electron chi connectivity index (χ4n) is 3.67. The van der Waals surface area contributed by atoms with Crippen LogP contribution in [0.2, 0.25) is 5.02 Å². The minimum absolute atomic E-state index is 0.203. The van der Waals surface area contributed by atoms with Crippen molar-refractivity contribution in [2.24, 2.45) is 4.99 Å². The summed E-state index contributed by atoms with van der Waals surface area (Å²) in [6, 6.07) is 12.4. The van der Waals surface area contributed by atoms with Crippen molar-refractivity contribution in [3.63, 3.8) is 0 Å². The van der Waals surface area contributed by atoms with E-state index in [4.69, 9.17) is 27.9 Å². The maximum Gasteiger partial charge on any atom is 0.309 e. The van der Waals surface area contributed by atoms with Gasteiger partial charge in [-0.3, -0.25) is 9.59 Å². The van der Waals surface area contributed by atoms with Gasteiger partial charge in [0.1, 0.15) is 11.5 Å². The Morgan fingerprint density at radius 3 is 2.67 bits per heavy atom. The molecule has 2 heterocycles. The number of aliphatic imine (C=N–C) groups is 1. The largest absolute Gasteiger partial charge is 0.469 e. The summed E-state index contributed by atoms with van der Waals surface area (Å²) in [7, 11) is 1.36. The molecule has 184 valence electrons. The van der Waals surface area contributed by atoms with Gasteiger partial charge in [0, 0.05) is 34.4 Å². The smallest absolute Gasteiger partial charge is 0.309 e. The number of allylic oxidation sites excluding steroid dienone is 1. The molecule has 1 aliphatic rings. The minimum Gasteiger partial charge on any atom is -0.469 e. The van der Waals surface area contributed by atoms with Crippen molar-refractivity contribution in [2.75, 3.05) is 7.11 Å². The van der Waals surface area contributed by atoms with Crippen LogP contribution in [0.1, 0.15) is 30.0 Å². The zero-order valence-electron chi connectivity index (χ0n) is 19.5. The number of hydrogen-bond acceptors (Lipinski definition) is 7. The van der Waals surface area contributed by atoms with Crippen LogP contribution in [0.25, 0.3) is 17.3 Å². The first kappa shape index (κ1) is 25.3. The van der Waals surface area contributed by atoms with Crippen LogP contribution in [0.5, 0.6) is 0 Å². The molecule has 0 radical (unpaired) electrons. The van der Waals surface area contributed by atoms with Crippen LogP contribution in [-0.2, 0) is 20.7 Å². The van der Waals surface area contributed by atoms with Crippen LogP contribution >= 0.6 is 23.2 Å². The van der Waals surface area contributed by atoms with E-state index in [0.717, 1.165) is 22.4 Å². The monoisotopic (exact) mass is 524 g/mol. The number of amides is 1. The molecule has 36 heavy (non-hydrogen) atoms. The summed E-state index contributed by atoms with van der Waals surface area (Å²) in [5.41, 5.74) is 4.71. The molecule has 1 amide bonds. The average molecular weight is 525 g/mol. The molecule has 9 nitrogen and oxygen atoms in total. The van der Waals surface area contributed by atoms with Crippen LogP contribution in [0, 0.1) is 0 Å². The number of carbonyl (C=O) groups excluding carboxylic acids is 2. The second-order valence-electron chi connectivity index (χ2n) is 8.02. The summed E-state index contributed by atoms with van der Waals surface area (Å²) in [5, 5.41) is 15.0. The minimum atomic E-state index is -0.342. The summed E-state index contributed by atoms with van der Waals surface area (Å²) in [6.07, 6.45) is 5.23. The molecule has 4 rings (SSSR count). The van der Waals surface area contributed by atoms with E-state index >= 15 is 0 Å². The molecule has 0 fully saturated rings. The second kappa shape index (κ2) is 11.3. The van der Waals surface area contributed by atoms with E-state index < -0.39 is 0 Å². The number of esters is 1. The van der Waals surface area contributed by atoms with Crippen molar-refractivity contribution in [3.05, 3.63) is 81.7 Å². The molecule has 0 unspecified atom stereocenters. The van der Waals surface area contributed by atoms with Crippen molar-refractivity contribution in [1.82, 2.24) is 25.5 Å². The number of tetrazole rings is 1. The third-order valence-corrected chi connectivity index (χ3v) is 6.13. The third-order valence-electron chi connectivity index (χ3n) is 5.59. The first-order chi connectivity index (χ1) is 17.3. The van der Waals surface area contributed by atoms with Gasteiger partial charge in [-0.25, -0.2) is 4.99 Å². The van der Waals surface area contributed by atoms with E-state index in [9.17, 15) is 9.59 Å². The molecule has 0 aliphatic carbocycles. The van der Waals surface area contributed by atoms with Gasteiger partial charge < -0.3 is 10.1 Å². The van der Waals surface area contributed by atoms with Crippen molar-refractivity contribution in [3.8, 4) is 5.69 Å². The molecule has 1 atom stereocenters. The zero-order valence-corrected chi connectivity index (χ0v) is 21.0. The van der Waals surface area contributed by atoms with Crippen molar-refractivity contribution < 1.29 is 14.3 Å². The number of aromatic nitrogens is 4. The Bertz CT molecular complexity index is 1360. The molecule has 0 saturated heterocycles. The van der Waals surface area contributed by atoms with Crippen LogP contribution in [-0.4, -0.2) is 50.9 Å². The van der Waals surface area contributed by atoms with Gasteiger partial charge in [0.15, 0.2) is 0 Å². The molecule has 1 aromatic heterocycles. The molecule has 0 saturated carbocycles. The second-order valence-corrected chi connectivity index (χ2v) is 8.81. The van der Waals surface area contributed by atoms with E-state index in [1.165, 1.54) is 24.2 Å². The summed E-state index contributed by atoms with van der Waals surface area (Å²) in [4.78, 5) is 28.6. The van der Waals surface area contributed by atoms with Gasteiger partial charge in [-0.1, -0.05) is 47.5 Å². The van der Waals surface area contributed by atoms with Gasteiger partial charge >= 0.3 is 5.97 Å². The average Bonchev–Trinajstić information content (AvgIpc) is 3.53. The number of nitrogens with one attached hydrogen (secondary N) is 1. The fourth-order valence-corrected chi connectivity index (χ4v) is 4.14. The van der Waals surface area contributed by atoms with Crippen LogP contribution in [0.4, 0.5) is 0 Å². The van der Waals surface area contributed by atoms with E-state index in [1.54, 1.807) is 24.3 Å². The highest BCUT2D eigenvalue weighted by Crippen LogP contribution is 2.32. The number of halogens is 2. The Balaban J connectivity index is 1.38. The maximum absolute atomic E-state index is 12.6. The van der Waals surface area contributed by atoms with Gasteiger partial charge in [-0.15, -0.1) is 5.10 Å². The van der Waals surface area contributed by atoms with Crippen molar-refractivity contribution in [2.45, 2.75) is 25.8 Å². The topological polar surface area (TPSA) is 111 Å². The molecule has 2 aromatic carbocycles. The summed E-state index contributed by atoms with van der Waals surface area (Å²) in [5.74, 6) is -0.600. The van der Waals surface area contributed by atoms with E-state index in [2.05, 4.69) is 25.8 Å². The van der Waals surface area contributed by atoms with Crippen LogP contribution in [0.3, 0.4) is 0 Å². The highest BCUT2D eigenvalue weighted by atomic mass is 35.5. The molecule has 1 N–H and O–H groups in total. The zero-order chi connectivity index (χ0) is 25.7. The Labute approximate surface area is 217 Å². The predicted molar refractivity (Wildman–Crippen MR) is 138 cm³/mol. The lowest BCUT2D eigenvalue weighted by molar-refractivity contribution is -0.139. The number of ether oxygens (including phenoxy) is 1. The number of carbonyl (C=O) groups is 2. The standard InChI is InChI=1S/C25H22Cl2N6O3/c1-15(21-13-20(25(27)30-21)17-5-3-16(4-6-17)11-24(35)36-2)29-23(34)10-7-18-12-19(26)8-9-22(18)33-14-28-31-32-33/h3-10,12,14-15H,11,13H2,1-2H3,(H,29,34)/b10-7+/t15-/m0/s1. The van der Waals surface area contributed by atoms with Gasteiger partial charge in [-0.2, -0.15) is 4.68 Å². The first-order valence-electron chi connectivity index (χ1n) is 11.0. The van der Waals surface area contributed by atoms with E-state index in [-0.39, 0.29) is 24.3 Å². The summed E-state index contributed by atoms with van der Waals surface area (Å²) >= 11 is 12.5. The third kappa shape index (κ3) is 6.05. The molecule has 11 heteroatoms. The lowest BCUT2D eigenvalue weighted by atomic mass is 9.98. The molecule has 1 aliphatic heterocycles. The first-order valence-corrected chi connectivity index (χ1v) is 11.7. The maximum atomic E-state index is 12.6. The summed E-state index contributed by atoms with van der Waals surface area (Å²) < 4.78 is 6.19. The Morgan fingerprint density at radius 2 is 1.97 bits per heavy atom.